The number of hydrogen-bond acceptors (Lipinski definition) is 5. The Morgan fingerprint density at radius 3 is 3.00 bits per heavy atom. The number of anilines is 1. The summed E-state index contributed by atoms with van der Waals surface area (Å²) in [5.41, 5.74) is 2.88. The summed E-state index contributed by atoms with van der Waals surface area (Å²) in [5, 5.41) is 11.4. The van der Waals surface area contributed by atoms with Crippen LogP contribution in [0.25, 0.3) is 10.9 Å². The second kappa shape index (κ2) is 5.66. The molecule has 4 rings (SSSR count). The Bertz CT molecular complexity index is 887. The maximum Gasteiger partial charge on any atom is 0.274 e. The van der Waals surface area contributed by atoms with Crippen molar-refractivity contribution in [1.82, 2.24) is 20.2 Å². The number of rotatable bonds is 4. The second-order valence-corrected chi connectivity index (χ2v) is 6.31. The van der Waals surface area contributed by atoms with Crippen LogP contribution in [0.2, 0.25) is 0 Å². The molecule has 2 aromatic heterocycles. The minimum atomic E-state index is -0.230. The number of H-pyrrole nitrogens is 1. The maximum atomic E-state index is 12.6. The van der Waals surface area contributed by atoms with Gasteiger partial charge in [0.15, 0.2) is 5.16 Å². The van der Waals surface area contributed by atoms with E-state index >= 15 is 0 Å². The number of aromatic nitrogens is 4. The van der Waals surface area contributed by atoms with Crippen molar-refractivity contribution in [2.24, 2.45) is 0 Å². The summed E-state index contributed by atoms with van der Waals surface area (Å²) in [6.45, 7) is 0. The third-order valence-corrected chi connectivity index (χ3v) is 4.41. The molecule has 2 N–H and O–H groups in total. The lowest BCUT2D eigenvalue weighted by Gasteiger charge is -2.08. The molecule has 6 nitrogen and oxygen atoms in total. The summed E-state index contributed by atoms with van der Waals surface area (Å²) in [6.07, 6.45) is 5.92. The Morgan fingerprint density at radius 2 is 2.22 bits per heavy atom. The second-order valence-electron chi connectivity index (χ2n) is 5.53. The van der Waals surface area contributed by atoms with Crippen LogP contribution in [-0.4, -0.2) is 32.3 Å². The number of hydrogen-bond donors (Lipinski definition) is 2. The van der Waals surface area contributed by atoms with Gasteiger partial charge in [0, 0.05) is 17.0 Å². The summed E-state index contributed by atoms with van der Waals surface area (Å²) >= 11 is 1.45. The highest BCUT2D eigenvalue weighted by Crippen LogP contribution is 2.39. The van der Waals surface area contributed by atoms with Crippen LogP contribution < -0.4 is 5.32 Å². The highest BCUT2D eigenvalue weighted by Gasteiger charge is 2.27. The minimum Gasteiger partial charge on any atom is -0.319 e. The SMILES string of the molecule is CSc1nc(C(=O)Nc2cccc3cn[nH]c23)cc(C2CC2)n1. The van der Waals surface area contributed by atoms with E-state index in [-0.39, 0.29) is 5.91 Å². The Labute approximate surface area is 137 Å². The quantitative estimate of drug-likeness (QED) is 0.568. The standard InChI is InChI=1S/C16H15N5OS/c1-23-16-19-12(9-5-6-9)7-13(20-16)15(22)18-11-4-2-3-10-8-17-21-14(10)11/h2-4,7-9H,5-6H2,1H3,(H,17,21)(H,18,22). The predicted octanol–water partition coefficient (Wildman–Crippen LogP) is 3.20. The zero-order valence-corrected chi connectivity index (χ0v) is 13.4. The van der Waals surface area contributed by atoms with Crippen molar-refractivity contribution in [2.45, 2.75) is 23.9 Å². The molecule has 0 aliphatic heterocycles. The van der Waals surface area contributed by atoms with E-state index in [1.54, 1.807) is 12.3 Å². The van der Waals surface area contributed by atoms with Crippen molar-refractivity contribution in [3.8, 4) is 0 Å². The van der Waals surface area contributed by atoms with Crippen LogP contribution in [0.1, 0.15) is 34.9 Å². The van der Waals surface area contributed by atoms with Gasteiger partial charge in [-0.15, -0.1) is 0 Å². The van der Waals surface area contributed by atoms with E-state index in [1.165, 1.54) is 11.8 Å². The lowest BCUT2D eigenvalue weighted by molar-refractivity contribution is 0.102. The van der Waals surface area contributed by atoms with Gasteiger partial charge in [-0.1, -0.05) is 23.9 Å². The summed E-state index contributed by atoms with van der Waals surface area (Å²) in [6, 6.07) is 7.48. The lowest BCUT2D eigenvalue weighted by atomic mass is 10.2. The molecule has 0 atom stereocenters. The molecule has 23 heavy (non-hydrogen) atoms. The largest absolute Gasteiger partial charge is 0.319 e. The first-order valence-corrected chi connectivity index (χ1v) is 8.63. The molecule has 7 heteroatoms. The van der Waals surface area contributed by atoms with Crippen molar-refractivity contribution < 1.29 is 4.79 Å². The van der Waals surface area contributed by atoms with E-state index in [1.807, 2.05) is 24.5 Å². The monoisotopic (exact) mass is 325 g/mol. The van der Waals surface area contributed by atoms with Gasteiger partial charge in [0.1, 0.15) is 5.69 Å². The van der Waals surface area contributed by atoms with Gasteiger partial charge in [0.05, 0.1) is 17.4 Å². The van der Waals surface area contributed by atoms with Crippen molar-refractivity contribution in [1.29, 1.82) is 0 Å². The molecule has 0 unspecified atom stereocenters. The maximum absolute atomic E-state index is 12.6. The normalized spacial score (nSPS) is 14.1. The number of nitrogens with one attached hydrogen (secondary N) is 2. The van der Waals surface area contributed by atoms with Crippen LogP contribution in [0.4, 0.5) is 5.69 Å². The molecule has 0 radical (unpaired) electrons. The molecular formula is C16H15N5OS. The zero-order valence-electron chi connectivity index (χ0n) is 12.5. The number of benzene rings is 1. The van der Waals surface area contributed by atoms with Crippen LogP contribution >= 0.6 is 11.8 Å². The van der Waals surface area contributed by atoms with Gasteiger partial charge >= 0.3 is 0 Å². The molecule has 1 aromatic carbocycles. The van der Waals surface area contributed by atoms with Crippen LogP contribution in [0.5, 0.6) is 0 Å². The number of aromatic amines is 1. The molecular weight excluding hydrogens is 310 g/mol. The first-order valence-electron chi connectivity index (χ1n) is 7.41. The average molecular weight is 325 g/mol. The molecule has 1 amide bonds. The van der Waals surface area contributed by atoms with Crippen LogP contribution in [-0.2, 0) is 0 Å². The summed E-state index contributed by atoms with van der Waals surface area (Å²) in [7, 11) is 0. The topological polar surface area (TPSA) is 83.6 Å². The number of carbonyl (C=O) groups excluding carboxylic acids is 1. The Balaban J connectivity index is 1.66. The average Bonchev–Trinajstić information content (AvgIpc) is 3.32. The molecule has 0 saturated heterocycles. The van der Waals surface area contributed by atoms with E-state index in [0.29, 0.717) is 22.5 Å². The predicted molar refractivity (Wildman–Crippen MR) is 89.8 cm³/mol. The Morgan fingerprint density at radius 1 is 1.35 bits per heavy atom. The zero-order chi connectivity index (χ0) is 15.8. The fourth-order valence-corrected chi connectivity index (χ4v) is 2.88. The number of thioether (sulfide) groups is 1. The molecule has 1 saturated carbocycles. The van der Waals surface area contributed by atoms with E-state index < -0.39 is 0 Å². The van der Waals surface area contributed by atoms with Crippen LogP contribution in [0.15, 0.2) is 35.6 Å². The van der Waals surface area contributed by atoms with E-state index in [2.05, 4.69) is 25.5 Å². The number of nitrogens with zero attached hydrogens (tertiary/aromatic N) is 3. The first-order chi connectivity index (χ1) is 11.2. The summed E-state index contributed by atoms with van der Waals surface area (Å²) in [5.74, 6) is 0.248. The molecule has 3 aromatic rings. The number of para-hydroxylation sites is 1. The fourth-order valence-electron chi connectivity index (χ4n) is 2.50. The van der Waals surface area contributed by atoms with Gasteiger partial charge in [-0.3, -0.25) is 9.89 Å². The third kappa shape index (κ3) is 2.79. The van der Waals surface area contributed by atoms with Gasteiger partial charge in [-0.25, -0.2) is 9.97 Å². The smallest absolute Gasteiger partial charge is 0.274 e. The highest BCUT2D eigenvalue weighted by molar-refractivity contribution is 7.98. The van der Waals surface area contributed by atoms with Crippen molar-refractivity contribution in [2.75, 3.05) is 11.6 Å². The van der Waals surface area contributed by atoms with Gasteiger partial charge in [-0.2, -0.15) is 5.10 Å². The van der Waals surface area contributed by atoms with E-state index in [4.69, 9.17) is 0 Å². The number of amides is 1. The van der Waals surface area contributed by atoms with E-state index in [0.717, 1.165) is 29.4 Å². The number of carbonyl (C=O) groups is 1. The van der Waals surface area contributed by atoms with E-state index in [9.17, 15) is 4.79 Å². The lowest BCUT2D eigenvalue weighted by Crippen LogP contribution is -2.15. The molecule has 0 spiro atoms. The molecule has 116 valence electrons. The van der Waals surface area contributed by atoms with Gasteiger partial charge in [0.25, 0.3) is 5.91 Å². The van der Waals surface area contributed by atoms with Crippen molar-refractivity contribution >= 4 is 34.3 Å². The molecule has 0 bridgehead atoms. The summed E-state index contributed by atoms with van der Waals surface area (Å²) < 4.78 is 0. The highest BCUT2D eigenvalue weighted by atomic mass is 32.2. The minimum absolute atomic E-state index is 0.230. The third-order valence-electron chi connectivity index (χ3n) is 3.86. The summed E-state index contributed by atoms with van der Waals surface area (Å²) in [4.78, 5) is 21.4. The number of fused-ring (bicyclic) bond motifs is 1. The first kappa shape index (κ1) is 14.2. The molecule has 1 aliphatic rings. The van der Waals surface area contributed by atoms with Crippen LogP contribution in [0, 0.1) is 0 Å². The Kier molecular flexibility index (Phi) is 3.49. The molecule has 1 fully saturated rings. The van der Waals surface area contributed by atoms with Gasteiger partial charge in [0.2, 0.25) is 0 Å². The van der Waals surface area contributed by atoms with Crippen LogP contribution in [0.3, 0.4) is 0 Å². The molecule has 2 heterocycles. The Hall–Kier alpha value is -2.41. The van der Waals surface area contributed by atoms with Gasteiger partial charge < -0.3 is 5.32 Å². The molecule has 1 aliphatic carbocycles. The van der Waals surface area contributed by atoms with Crippen molar-refractivity contribution in [3.05, 3.63) is 41.9 Å². The van der Waals surface area contributed by atoms with Gasteiger partial charge in [-0.05, 0) is 31.2 Å². The fraction of sp³-hybridized carbons (Fsp3) is 0.250. The van der Waals surface area contributed by atoms with Crippen molar-refractivity contribution in [3.63, 3.8) is 0 Å².